The molecule has 0 heterocycles. The highest BCUT2D eigenvalue weighted by molar-refractivity contribution is 9.11. The lowest BCUT2D eigenvalue weighted by Crippen LogP contribution is -2.12. The van der Waals surface area contributed by atoms with Crippen LogP contribution in [0.4, 0.5) is 5.69 Å². The third kappa shape index (κ3) is 3.75. The molecule has 2 nitrogen and oxygen atoms in total. The number of benzene rings is 2. The number of hydrogen-bond donors (Lipinski definition) is 1. The molecule has 0 radical (unpaired) electrons. The monoisotopic (exact) mass is 369 g/mol. The van der Waals surface area contributed by atoms with Crippen molar-refractivity contribution in [1.82, 2.24) is 0 Å². The molecule has 0 unspecified atom stereocenters. The van der Waals surface area contributed by atoms with Crippen molar-refractivity contribution in [2.24, 2.45) is 0 Å². The van der Waals surface area contributed by atoms with Crippen molar-refractivity contribution in [1.29, 1.82) is 0 Å². The van der Waals surface area contributed by atoms with E-state index in [2.05, 4.69) is 37.2 Å². The minimum absolute atomic E-state index is 0.623. The Morgan fingerprint density at radius 1 is 0.889 bits per heavy atom. The second-order valence-electron chi connectivity index (χ2n) is 3.68. The van der Waals surface area contributed by atoms with E-state index >= 15 is 0 Å². The molecule has 2 aromatic carbocycles. The van der Waals surface area contributed by atoms with Gasteiger partial charge >= 0.3 is 0 Å². The van der Waals surface area contributed by atoms with Crippen molar-refractivity contribution in [3.8, 4) is 5.75 Å². The van der Waals surface area contributed by atoms with Gasteiger partial charge in [-0.1, -0.05) is 24.3 Å². The summed E-state index contributed by atoms with van der Waals surface area (Å²) in [6.07, 6.45) is 0. The summed E-state index contributed by atoms with van der Waals surface area (Å²) in [5.41, 5.74) is 1.05. The molecule has 0 aromatic heterocycles. The van der Waals surface area contributed by atoms with Crippen LogP contribution in [0.5, 0.6) is 5.75 Å². The van der Waals surface area contributed by atoms with Crippen LogP contribution in [-0.2, 0) is 0 Å². The van der Waals surface area contributed by atoms with Crippen LogP contribution < -0.4 is 10.1 Å². The summed E-state index contributed by atoms with van der Waals surface area (Å²) in [7, 11) is 0. The van der Waals surface area contributed by atoms with Gasteiger partial charge in [0.15, 0.2) is 0 Å². The molecular formula is C14H13Br2NO. The molecule has 0 amide bonds. The van der Waals surface area contributed by atoms with Gasteiger partial charge in [-0.25, -0.2) is 0 Å². The van der Waals surface area contributed by atoms with Crippen LogP contribution in [0.25, 0.3) is 0 Å². The van der Waals surface area contributed by atoms with Gasteiger partial charge in [0.2, 0.25) is 0 Å². The van der Waals surface area contributed by atoms with Gasteiger partial charge in [0.25, 0.3) is 0 Å². The van der Waals surface area contributed by atoms with Gasteiger partial charge in [-0.15, -0.1) is 0 Å². The van der Waals surface area contributed by atoms with Crippen LogP contribution in [-0.4, -0.2) is 13.2 Å². The van der Waals surface area contributed by atoms with E-state index in [-0.39, 0.29) is 0 Å². The normalized spacial score (nSPS) is 10.1. The highest BCUT2D eigenvalue weighted by Gasteiger charge is 2.03. The number of ether oxygens (including phenoxy) is 1. The molecule has 0 atom stereocenters. The molecule has 0 saturated carbocycles. The van der Waals surface area contributed by atoms with Crippen molar-refractivity contribution >= 4 is 37.5 Å². The molecule has 2 rings (SSSR count). The average Bonchev–Trinajstić information content (AvgIpc) is 2.38. The standard InChI is InChI=1S/C14H13Br2NO/c15-12-7-4-8-13(16)14(12)17-9-10-18-11-5-2-1-3-6-11/h1-8,17H,9-10H2. The van der Waals surface area contributed by atoms with E-state index < -0.39 is 0 Å². The average molecular weight is 371 g/mol. The zero-order valence-corrected chi connectivity index (χ0v) is 12.9. The number of halogens is 2. The van der Waals surface area contributed by atoms with Crippen molar-refractivity contribution < 1.29 is 4.74 Å². The number of para-hydroxylation sites is 2. The first kappa shape index (κ1) is 13.4. The highest BCUT2D eigenvalue weighted by atomic mass is 79.9. The molecule has 0 spiro atoms. The zero-order chi connectivity index (χ0) is 12.8. The van der Waals surface area contributed by atoms with Crippen LogP contribution >= 0.6 is 31.9 Å². The quantitative estimate of drug-likeness (QED) is 0.770. The number of rotatable bonds is 5. The van der Waals surface area contributed by atoms with Crippen molar-refractivity contribution in [3.63, 3.8) is 0 Å². The number of hydrogen-bond acceptors (Lipinski definition) is 2. The zero-order valence-electron chi connectivity index (χ0n) is 9.70. The lowest BCUT2D eigenvalue weighted by atomic mass is 10.3. The van der Waals surface area contributed by atoms with E-state index in [4.69, 9.17) is 4.74 Å². The predicted octanol–water partition coefficient (Wildman–Crippen LogP) is 4.70. The van der Waals surface area contributed by atoms with Gasteiger partial charge in [0.1, 0.15) is 12.4 Å². The maximum atomic E-state index is 5.61. The van der Waals surface area contributed by atoms with Crippen molar-refractivity contribution in [2.45, 2.75) is 0 Å². The fraction of sp³-hybridized carbons (Fsp3) is 0.143. The minimum Gasteiger partial charge on any atom is -0.492 e. The minimum atomic E-state index is 0.623. The Bertz CT molecular complexity index is 482. The van der Waals surface area contributed by atoms with Gasteiger partial charge in [-0.3, -0.25) is 0 Å². The first-order chi connectivity index (χ1) is 8.77. The third-order valence-electron chi connectivity index (χ3n) is 2.38. The molecule has 4 heteroatoms. The lowest BCUT2D eigenvalue weighted by molar-refractivity contribution is 0.333. The predicted molar refractivity (Wildman–Crippen MR) is 82.3 cm³/mol. The number of nitrogens with one attached hydrogen (secondary N) is 1. The Morgan fingerprint density at radius 3 is 2.22 bits per heavy atom. The summed E-state index contributed by atoms with van der Waals surface area (Å²) in [5.74, 6) is 0.894. The van der Waals surface area contributed by atoms with Gasteiger partial charge in [-0.05, 0) is 56.1 Å². The van der Waals surface area contributed by atoms with Crippen LogP contribution in [0.3, 0.4) is 0 Å². The second-order valence-corrected chi connectivity index (χ2v) is 5.39. The molecule has 0 aliphatic carbocycles. The smallest absolute Gasteiger partial charge is 0.119 e. The molecular weight excluding hydrogens is 358 g/mol. The van der Waals surface area contributed by atoms with Gasteiger partial charge < -0.3 is 10.1 Å². The Morgan fingerprint density at radius 2 is 1.56 bits per heavy atom. The van der Waals surface area contributed by atoms with E-state index in [9.17, 15) is 0 Å². The molecule has 0 aliphatic heterocycles. The summed E-state index contributed by atoms with van der Waals surface area (Å²) in [4.78, 5) is 0. The maximum Gasteiger partial charge on any atom is 0.119 e. The number of anilines is 1. The largest absolute Gasteiger partial charge is 0.492 e. The molecule has 1 N–H and O–H groups in total. The molecule has 0 saturated heterocycles. The molecule has 18 heavy (non-hydrogen) atoms. The Kier molecular flexibility index (Phi) is 5.08. The second kappa shape index (κ2) is 6.81. The van der Waals surface area contributed by atoms with Gasteiger partial charge in [-0.2, -0.15) is 0 Å². The van der Waals surface area contributed by atoms with Gasteiger partial charge in [0, 0.05) is 15.5 Å². The molecule has 94 valence electrons. The topological polar surface area (TPSA) is 21.3 Å². The highest BCUT2D eigenvalue weighted by Crippen LogP contribution is 2.30. The first-order valence-electron chi connectivity index (χ1n) is 5.63. The van der Waals surface area contributed by atoms with E-state index in [1.54, 1.807) is 0 Å². The summed E-state index contributed by atoms with van der Waals surface area (Å²) in [5, 5.41) is 3.33. The SMILES string of the molecule is Brc1cccc(Br)c1NCCOc1ccccc1. The molecule has 0 aliphatic rings. The van der Waals surface area contributed by atoms with Crippen LogP contribution in [0, 0.1) is 0 Å². The first-order valence-corrected chi connectivity index (χ1v) is 7.22. The Labute approximate surface area is 124 Å². The van der Waals surface area contributed by atoms with E-state index in [0.29, 0.717) is 6.61 Å². The van der Waals surface area contributed by atoms with E-state index in [1.807, 2.05) is 48.5 Å². The van der Waals surface area contributed by atoms with Crippen molar-refractivity contribution in [3.05, 3.63) is 57.5 Å². The lowest BCUT2D eigenvalue weighted by Gasteiger charge is -2.11. The summed E-state index contributed by atoms with van der Waals surface area (Å²) < 4.78 is 7.69. The molecule has 0 fully saturated rings. The summed E-state index contributed by atoms with van der Waals surface area (Å²) in [6.45, 7) is 1.37. The van der Waals surface area contributed by atoms with Crippen LogP contribution in [0.2, 0.25) is 0 Å². The molecule has 2 aromatic rings. The molecule has 0 bridgehead atoms. The Hall–Kier alpha value is -1.00. The Balaban J connectivity index is 1.82. The van der Waals surface area contributed by atoms with Gasteiger partial charge in [0.05, 0.1) is 5.69 Å². The van der Waals surface area contributed by atoms with Crippen LogP contribution in [0.15, 0.2) is 57.5 Å². The van der Waals surface area contributed by atoms with Crippen molar-refractivity contribution in [2.75, 3.05) is 18.5 Å². The fourth-order valence-corrected chi connectivity index (χ4v) is 2.81. The fourth-order valence-electron chi connectivity index (χ4n) is 1.53. The van der Waals surface area contributed by atoms with E-state index in [1.165, 1.54) is 0 Å². The summed E-state index contributed by atoms with van der Waals surface area (Å²) in [6, 6.07) is 15.8. The summed E-state index contributed by atoms with van der Waals surface area (Å²) >= 11 is 7.02. The maximum absolute atomic E-state index is 5.61. The van der Waals surface area contributed by atoms with E-state index in [0.717, 1.165) is 26.9 Å². The van der Waals surface area contributed by atoms with Crippen LogP contribution in [0.1, 0.15) is 0 Å². The third-order valence-corrected chi connectivity index (χ3v) is 3.70.